The number of aromatic amines is 1. The van der Waals surface area contributed by atoms with Gasteiger partial charge in [-0.3, -0.25) is 9.69 Å². The third-order valence-electron chi connectivity index (χ3n) is 6.65. The zero-order valence-corrected chi connectivity index (χ0v) is 17.8. The fourth-order valence-electron chi connectivity index (χ4n) is 5.09. The van der Waals surface area contributed by atoms with E-state index in [4.69, 9.17) is 4.74 Å². The molecular formula is C26H22FN3O3. The predicted molar refractivity (Wildman–Crippen MR) is 123 cm³/mol. The Morgan fingerprint density at radius 2 is 1.94 bits per heavy atom. The van der Waals surface area contributed by atoms with Crippen LogP contribution in [0.15, 0.2) is 60.8 Å². The third kappa shape index (κ3) is 3.23. The normalized spacial score (nSPS) is 20.6. The van der Waals surface area contributed by atoms with Crippen molar-refractivity contribution >= 4 is 33.6 Å². The van der Waals surface area contributed by atoms with E-state index in [9.17, 15) is 14.0 Å². The molecular weight excluding hydrogens is 421 g/mol. The molecule has 0 bridgehead atoms. The number of H-pyrrole nitrogens is 1. The molecule has 2 atom stereocenters. The highest BCUT2D eigenvalue weighted by Crippen LogP contribution is 2.41. The van der Waals surface area contributed by atoms with Crippen molar-refractivity contribution in [3.63, 3.8) is 0 Å². The molecule has 1 aromatic heterocycles. The lowest BCUT2D eigenvalue weighted by molar-refractivity contribution is -0.129. The first-order valence-electron chi connectivity index (χ1n) is 11.1. The average Bonchev–Trinajstić information content (AvgIpc) is 3.24. The maximum absolute atomic E-state index is 13.5. The molecule has 6 nitrogen and oxygen atoms in total. The van der Waals surface area contributed by atoms with Crippen LogP contribution in [0, 0.1) is 5.82 Å². The van der Waals surface area contributed by atoms with E-state index in [0.717, 1.165) is 39.5 Å². The highest BCUT2D eigenvalue weighted by atomic mass is 19.1. The molecule has 2 aliphatic heterocycles. The fourth-order valence-corrected chi connectivity index (χ4v) is 5.09. The minimum Gasteiger partial charge on any atom is -0.493 e. The van der Waals surface area contributed by atoms with Crippen molar-refractivity contribution in [3.8, 4) is 5.75 Å². The minimum absolute atomic E-state index is 0.248. The Hall–Kier alpha value is -3.87. The Morgan fingerprint density at radius 3 is 2.85 bits per heavy atom. The molecule has 0 radical (unpaired) electrons. The highest BCUT2D eigenvalue weighted by molar-refractivity contribution is 6.05. The zero-order valence-electron chi connectivity index (χ0n) is 17.8. The second-order valence-corrected chi connectivity index (χ2v) is 8.63. The molecule has 7 heteroatoms. The van der Waals surface area contributed by atoms with E-state index in [-0.39, 0.29) is 23.8 Å². The Kier molecular flexibility index (Phi) is 4.57. The molecule has 0 saturated carbocycles. The van der Waals surface area contributed by atoms with Gasteiger partial charge in [0.2, 0.25) is 0 Å². The van der Waals surface area contributed by atoms with Gasteiger partial charge in [-0.15, -0.1) is 0 Å². The van der Waals surface area contributed by atoms with Crippen molar-refractivity contribution in [2.24, 2.45) is 0 Å². The molecule has 3 amide bonds. The van der Waals surface area contributed by atoms with Crippen LogP contribution in [0.4, 0.5) is 9.18 Å². The number of fused-ring (bicyclic) bond motifs is 4. The van der Waals surface area contributed by atoms with Crippen molar-refractivity contribution in [3.05, 3.63) is 77.7 Å². The van der Waals surface area contributed by atoms with E-state index in [1.165, 1.54) is 17.0 Å². The molecule has 1 fully saturated rings. The molecule has 166 valence electrons. The van der Waals surface area contributed by atoms with E-state index in [1.54, 1.807) is 12.3 Å². The number of ether oxygens (including phenoxy) is 1. The minimum atomic E-state index is -0.672. The Balaban J connectivity index is 1.33. The highest BCUT2D eigenvalue weighted by Gasteiger charge is 2.43. The quantitative estimate of drug-likeness (QED) is 0.445. The van der Waals surface area contributed by atoms with Crippen LogP contribution in [0.3, 0.4) is 0 Å². The maximum atomic E-state index is 13.5. The van der Waals surface area contributed by atoms with Crippen LogP contribution in [0.5, 0.6) is 5.75 Å². The third-order valence-corrected chi connectivity index (χ3v) is 6.65. The second kappa shape index (κ2) is 7.62. The summed E-state index contributed by atoms with van der Waals surface area (Å²) in [6.45, 7) is 0.538. The van der Waals surface area contributed by atoms with Crippen LogP contribution in [0.25, 0.3) is 21.7 Å². The molecule has 2 N–H and O–H groups in total. The number of nitrogens with zero attached hydrogens (tertiary/aromatic N) is 1. The van der Waals surface area contributed by atoms with E-state index < -0.39 is 6.04 Å². The first-order chi connectivity index (χ1) is 16.1. The number of hydrogen-bond acceptors (Lipinski definition) is 3. The van der Waals surface area contributed by atoms with E-state index >= 15 is 0 Å². The lowest BCUT2D eigenvalue weighted by Gasteiger charge is -2.25. The van der Waals surface area contributed by atoms with Gasteiger partial charge in [-0.25, -0.2) is 9.18 Å². The molecule has 3 heterocycles. The summed E-state index contributed by atoms with van der Waals surface area (Å²) >= 11 is 0. The summed E-state index contributed by atoms with van der Waals surface area (Å²) in [7, 11) is 0. The van der Waals surface area contributed by atoms with Gasteiger partial charge in [-0.2, -0.15) is 0 Å². The zero-order chi connectivity index (χ0) is 22.5. The number of benzene rings is 3. The second-order valence-electron chi connectivity index (χ2n) is 8.63. The topological polar surface area (TPSA) is 74.4 Å². The molecule has 4 aromatic rings. The summed E-state index contributed by atoms with van der Waals surface area (Å²) in [5, 5.41) is 5.75. The smallest absolute Gasteiger partial charge is 0.325 e. The van der Waals surface area contributed by atoms with Gasteiger partial charge in [0.1, 0.15) is 17.6 Å². The number of halogens is 1. The van der Waals surface area contributed by atoms with Crippen molar-refractivity contribution in [2.45, 2.75) is 31.3 Å². The summed E-state index contributed by atoms with van der Waals surface area (Å²) in [5.41, 5.74) is 2.39. The van der Waals surface area contributed by atoms with Gasteiger partial charge >= 0.3 is 6.03 Å². The SMILES string of the molecule is O=C1NC(Cc2c[nH]c3cc(F)ccc23)C(=O)N1C1CCCOc2c1ccc1ccccc21. The maximum Gasteiger partial charge on any atom is 0.325 e. The molecule has 1 saturated heterocycles. The molecule has 2 unspecified atom stereocenters. The van der Waals surface area contributed by atoms with Crippen LogP contribution in [-0.2, 0) is 11.2 Å². The van der Waals surface area contributed by atoms with E-state index in [1.807, 2.05) is 36.4 Å². The van der Waals surface area contributed by atoms with Gasteiger partial charge in [0, 0.05) is 34.5 Å². The van der Waals surface area contributed by atoms with Crippen LogP contribution < -0.4 is 10.1 Å². The van der Waals surface area contributed by atoms with Gasteiger partial charge in [0.25, 0.3) is 5.91 Å². The van der Waals surface area contributed by atoms with E-state index in [0.29, 0.717) is 25.0 Å². The molecule has 33 heavy (non-hydrogen) atoms. The number of nitrogens with one attached hydrogen (secondary N) is 2. The van der Waals surface area contributed by atoms with Gasteiger partial charge in [-0.1, -0.05) is 36.4 Å². The van der Waals surface area contributed by atoms with Crippen molar-refractivity contribution < 1.29 is 18.7 Å². The lowest BCUT2D eigenvalue weighted by Crippen LogP contribution is -2.35. The largest absolute Gasteiger partial charge is 0.493 e. The molecule has 6 rings (SSSR count). The standard InChI is InChI=1S/C26H22FN3O3/c27-17-8-10-18-16(14-28-21(18)13-17)12-22-25(31)30(26(32)29-22)23-6-3-11-33-24-19-5-2-1-4-15(19)7-9-20(23)24/h1-2,4-5,7-10,13-14,22-23,28H,3,6,11-12H2,(H,29,32). The summed E-state index contributed by atoms with van der Waals surface area (Å²) in [5.74, 6) is 0.176. The van der Waals surface area contributed by atoms with Crippen LogP contribution in [-0.4, -0.2) is 34.5 Å². The van der Waals surface area contributed by atoms with Crippen LogP contribution in [0.2, 0.25) is 0 Å². The van der Waals surface area contributed by atoms with Crippen molar-refractivity contribution in [1.82, 2.24) is 15.2 Å². The summed E-state index contributed by atoms with van der Waals surface area (Å²) < 4.78 is 19.6. The Bertz CT molecular complexity index is 1410. The number of carbonyl (C=O) groups is 2. The Labute approximate surface area is 189 Å². The number of imide groups is 1. The number of carbonyl (C=O) groups excluding carboxylic acids is 2. The van der Waals surface area contributed by atoms with Crippen LogP contribution >= 0.6 is 0 Å². The number of urea groups is 1. The number of hydrogen-bond donors (Lipinski definition) is 2. The fraction of sp³-hybridized carbons (Fsp3) is 0.231. The predicted octanol–water partition coefficient (Wildman–Crippen LogP) is 4.84. The molecule has 0 aliphatic carbocycles. The van der Waals surface area contributed by atoms with Crippen molar-refractivity contribution in [2.75, 3.05) is 6.61 Å². The van der Waals surface area contributed by atoms with Gasteiger partial charge in [0.15, 0.2) is 0 Å². The van der Waals surface area contributed by atoms with Gasteiger partial charge in [0.05, 0.1) is 12.6 Å². The summed E-state index contributed by atoms with van der Waals surface area (Å²) in [6, 6.07) is 15.0. The van der Waals surface area contributed by atoms with Crippen LogP contribution in [0.1, 0.15) is 30.0 Å². The van der Waals surface area contributed by atoms with E-state index in [2.05, 4.69) is 10.3 Å². The lowest BCUT2D eigenvalue weighted by atomic mass is 9.96. The molecule has 2 aliphatic rings. The molecule has 3 aromatic carbocycles. The summed E-state index contributed by atoms with van der Waals surface area (Å²) in [6.07, 6.45) is 3.49. The average molecular weight is 443 g/mol. The number of amides is 3. The Morgan fingerprint density at radius 1 is 1.06 bits per heavy atom. The monoisotopic (exact) mass is 443 g/mol. The molecule has 0 spiro atoms. The summed E-state index contributed by atoms with van der Waals surface area (Å²) in [4.78, 5) is 30.9. The first-order valence-corrected chi connectivity index (χ1v) is 11.1. The van der Waals surface area contributed by atoms with Crippen molar-refractivity contribution in [1.29, 1.82) is 0 Å². The number of rotatable bonds is 3. The van der Waals surface area contributed by atoms with Gasteiger partial charge in [-0.05, 0) is 42.0 Å². The first kappa shape index (κ1) is 19.8. The number of aromatic nitrogens is 1. The van der Waals surface area contributed by atoms with Gasteiger partial charge < -0.3 is 15.0 Å².